The first kappa shape index (κ1) is 16.2. The van der Waals surface area contributed by atoms with Crippen molar-refractivity contribution >= 4 is 43.9 Å². The number of carboxylic acids is 1. The molecule has 1 rings (SSSR count). The predicted molar refractivity (Wildman–Crippen MR) is 73.8 cm³/mol. The van der Waals surface area contributed by atoms with E-state index in [-0.39, 0.29) is 22.3 Å². The van der Waals surface area contributed by atoms with Crippen LogP contribution in [0.15, 0.2) is 22.7 Å². The molecule has 0 bridgehead atoms. The minimum atomic E-state index is -4.30. The van der Waals surface area contributed by atoms with Gasteiger partial charge in [-0.15, -0.1) is 0 Å². The molecule has 110 valence electrons. The van der Waals surface area contributed by atoms with Gasteiger partial charge in [-0.1, -0.05) is 6.07 Å². The van der Waals surface area contributed by atoms with Gasteiger partial charge in [0.25, 0.3) is 0 Å². The minimum Gasteiger partial charge on any atom is -0.478 e. The van der Waals surface area contributed by atoms with Gasteiger partial charge in [0, 0.05) is 4.47 Å². The van der Waals surface area contributed by atoms with Crippen molar-refractivity contribution < 1.29 is 27.9 Å². The maximum atomic E-state index is 11.7. The van der Waals surface area contributed by atoms with Crippen LogP contribution in [0.4, 0.5) is 10.5 Å². The molecule has 0 fully saturated rings. The topological polar surface area (TPSA) is 122 Å². The number of nitrogens with one attached hydrogen (secondary N) is 2. The maximum Gasteiger partial charge on any atom is 0.422 e. The molecule has 0 aliphatic heterocycles. The molecular weight excluding hydrogens is 356 g/mol. The second-order valence-corrected chi connectivity index (χ2v) is 5.67. The van der Waals surface area contributed by atoms with E-state index in [0.717, 1.165) is 0 Å². The van der Waals surface area contributed by atoms with Crippen LogP contribution in [-0.4, -0.2) is 32.2 Å². The van der Waals surface area contributed by atoms with Crippen LogP contribution in [0.3, 0.4) is 0 Å². The van der Waals surface area contributed by atoms with Gasteiger partial charge in [0.05, 0.1) is 17.9 Å². The van der Waals surface area contributed by atoms with Crippen molar-refractivity contribution in [2.75, 3.05) is 11.3 Å². The summed E-state index contributed by atoms with van der Waals surface area (Å²) in [7, 11) is -4.30. The van der Waals surface area contributed by atoms with Crippen LogP contribution >= 0.6 is 15.9 Å². The molecule has 0 aliphatic carbocycles. The molecule has 0 heterocycles. The van der Waals surface area contributed by atoms with Crippen molar-refractivity contribution in [3.63, 3.8) is 0 Å². The Morgan fingerprint density at radius 1 is 1.40 bits per heavy atom. The smallest absolute Gasteiger partial charge is 0.422 e. The van der Waals surface area contributed by atoms with Crippen LogP contribution in [0.5, 0.6) is 0 Å². The molecule has 0 saturated heterocycles. The third-order valence-electron chi connectivity index (χ3n) is 1.97. The summed E-state index contributed by atoms with van der Waals surface area (Å²) in [4.78, 5) is 22.1. The first-order valence-corrected chi connectivity index (χ1v) is 7.53. The molecule has 1 aromatic rings. The van der Waals surface area contributed by atoms with Crippen LogP contribution in [-0.2, 0) is 14.9 Å². The van der Waals surface area contributed by atoms with E-state index in [2.05, 4.69) is 20.7 Å². The number of benzene rings is 1. The molecule has 0 aliphatic rings. The van der Waals surface area contributed by atoms with Crippen molar-refractivity contribution in [2.45, 2.75) is 6.92 Å². The van der Waals surface area contributed by atoms with Gasteiger partial charge in [0.2, 0.25) is 0 Å². The number of carboxylic acid groups (broad SMARTS) is 1. The molecule has 0 saturated carbocycles. The van der Waals surface area contributed by atoms with Gasteiger partial charge in [0.15, 0.2) is 0 Å². The molecule has 0 radical (unpaired) electrons. The van der Waals surface area contributed by atoms with Gasteiger partial charge in [-0.25, -0.2) is 14.3 Å². The van der Waals surface area contributed by atoms with E-state index < -0.39 is 22.3 Å². The highest BCUT2D eigenvalue weighted by atomic mass is 79.9. The van der Waals surface area contributed by atoms with Crippen molar-refractivity contribution in [3.8, 4) is 0 Å². The van der Waals surface area contributed by atoms with E-state index in [1.54, 1.807) is 4.72 Å². The highest BCUT2D eigenvalue weighted by molar-refractivity contribution is 9.10. The van der Waals surface area contributed by atoms with Crippen LogP contribution in [0.25, 0.3) is 0 Å². The van der Waals surface area contributed by atoms with Gasteiger partial charge < -0.3 is 9.84 Å². The predicted octanol–water partition coefficient (Wildman–Crippen LogP) is 1.55. The molecule has 0 spiro atoms. The lowest BCUT2D eigenvalue weighted by Crippen LogP contribution is -2.36. The van der Waals surface area contributed by atoms with Gasteiger partial charge in [0.1, 0.15) is 0 Å². The number of carbonyl (C=O) groups excluding carboxylic acids is 1. The molecule has 0 unspecified atom stereocenters. The SMILES string of the molecule is CCOC(=O)NS(=O)(=O)Nc1c(Br)cccc1C(=O)O. The Hall–Kier alpha value is -1.81. The number of ether oxygens (including phenoxy) is 1. The minimum absolute atomic E-state index is 0.00321. The van der Waals surface area contributed by atoms with Crippen LogP contribution < -0.4 is 9.44 Å². The lowest BCUT2D eigenvalue weighted by Gasteiger charge is -2.12. The number of carbonyl (C=O) groups is 2. The van der Waals surface area contributed by atoms with E-state index in [1.807, 2.05) is 4.72 Å². The fourth-order valence-electron chi connectivity index (χ4n) is 1.24. The zero-order valence-electron chi connectivity index (χ0n) is 10.2. The van der Waals surface area contributed by atoms with Crippen LogP contribution in [0, 0.1) is 0 Å². The zero-order valence-corrected chi connectivity index (χ0v) is 12.6. The Bertz CT molecular complexity index is 631. The van der Waals surface area contributed by atoms with Gasteiger partial charge in [-0.2, -0.15) is 8.42 Å². The zero-order chi connectivity index (χ0) is 15.3. The maximum absolute atomic E-state index is 11.7. The first-order chi connectivity index (χ1) is 9.26. The fourth-order valence-corrected chi connectivity index (χ4v) is 2.65. The second-order valence-electron chi connectivity index (χ2n) is 3.40. The molecule has 0 atom stereocenters. The highest BCUT2D eigenvalue weighted by Gasteiger charge is 2.20. The molecule has 3 N–H and O–H groups in total. The van der Waals surface area contributed by atoms with Gasteiger partial charge in [-0.05, 0) is 35.0 Å². The van der Waals surface area contributed by atoms with E-state index in [9.17, 15) is 18.0 Å². The number of amides is 1. The number of hydrogen-bond donors (Lipinski definition) is 3. The molecular formula is C10H11BrN2O6S. The number of aromatic carboxylic acids is 1. The molecule has 20 heavy (non-hydrogen) atoms. The lowest BCUT2D eigenvalue weighted by atomic mass is 10.2. The molecule has 0 aromatic heterocycles. The first-order valence-electron chi connectivity index (χ1n) is 5.26. The molecule has 1 aromatic carbocycles. The largest absolute Gasteiger partial charge is 0.478 e. The average Bonchev–Trinajstić information content (AvgIpc) is 2.30. The Labute approximate surface area is 123 Å². The van der Waals surface area contributed by atoms with Crippen molar-refractivity contribution in [1.29, 1.82) is 0 Å². The van der Waals surface area contributed by atoms with E-state index >= 15 is 0 Å². The van der Waals surface area contributed by atoms with Crippen LogP contribution in [0.1, 0.15) is 17.3 Å². The Kier molecular flexibility index (Phi) is 5.34. The summed E-state index contributed by atoms with van der Waals surface area (Å²) in [6.45, 7) is 1.51. The number of para-hydroxylation sites is 1. The van der Waals surface area contributed by atoms with Crippen molar-refractivity contribution in [1.82, 2.24) is 4.72 Å². The van der Waals surface area contributed by atoms with Crippen molar-refractivity contribution in [2.24, 2.45) is 0 Å². The third kappa shape index (κ3) is 4.38. The highest BCUT2D eigenvalue weighted by Crippen LogP contribution is 2.27. The Balaban J connectivity index is 3.04. The summed E-state index contributed by atoms with van der Waals surface area (Å²) in [5.74, 6) is -1.32. The quantitative estimate of drug-likeness (QED) is 0.726. The van der Waals surface area contributed by atoms with E-state index in [4.69, 9.17) is 5.11 Å². The Morgan fingerprint density at radius 3 is 2.60 bits per heavy atom. The summed E-state index contributed by atoms with van der Waals surface area (Å²) in [5, 5.41) is 8.99. The standard InChI is InChI=1S/C10H11BrN2O6S/c1-2-19-10(16)13-20(17,18)12-8-6(9(14)15)4-3-5-7(8)11/h3-5,12H,2H2,1H3,(H,13,16)(H,14,15). The summed E-state index contributed by atoms with van der Waals surface area (Å²) in [6.07, 6.45) is -1.16. The van der Waals surface area contributed by atoms with Gasteiger partial charge in [-0.3, -0.25) is 4.72 Å². The molecule has 8 nitrogen and oxygen atoms in total. The Morgan fingerprint density at radius 2 is 2.05 bits per heavy atom. The normalized spacial score (nSPS) is 10.7. The third-order valence-corrected chi connectivity index (χ3v) is 3.54. The van der Waals surface area contributed by atoms with Crippen LogP contribution in [0.2, 0.25) is 0 Å². The molecule has 1 amide bonds. The number of anilines is 1. The van der Waals surface area contributed by atoms with E-state index in [0.29, 0.717) is 0 Å². The number of hydrogen-bond acceptors (Lipinski definition) is 5. The number of rotatable bonds is 5. The lowest BCUT2D eigenvalue weighted by molar-refractivity contribution is 0.0698. The second kappa shape index (κ2) is 6.57. The number of halogens is 1. The average molecular weight is 367 g/mol. The summed E-state index contributed by atoms with van der Waals surface area (Å²) in [6, 6.07) is 4.11. The van der Waals surface area contributed by atoms with Gasteiger partial charge >= 0.3 is 22.3 Å². The fraction of sp³-hybridized carbons (Fsp3) is 0.200. The van der Waals surface area contributed by atoms with Crippen molar-refractivity contribution in [3.05, 3.63) is 28.2 Å². The summed E-state index contributed by atoms with van der Waals surface area (Å²) >= 11 is 3.03. The molecule has 10 heteroatoms. The summed E-state index contributed by atoms with van der Waals surface area (Å²) < 4.78 is 31.5. The monoisotopic (exact) mass is 366 g/mol. The summed E-state index contributed by atoms with van der Waals surface area (Å²) in [5.41, 5.74) is -0.467. The van der Waals surface area contributed by atoms with E-state index in [1.165, 1.54) is 25.1 Å².